The Bertz CT molecular complexity index is 566. The van der Waals surface area contributed by atoms with Gasteiger partial charge in [0.25, 0.3) is 0 Å². The standard InChI is InChI=1S/C23H39NO3/c1-22-11-8-17-16(21(22)18(9-12-22)27-15-5-14-26-4)6-7-19-23(17,2)13-10-20(25)24(19)3/h16-19,21H,5-15H2,1-4H3/t16-,17-,18?,19?,21-,22-,23-/m1/s1. The Labute approximate surface area is 165 Å². The number of carbonyl (C=O) groups is 1. The van der Waals surface area contributed by atoms with Gasteiger partial charge in [0.15, 0.2) is 0 Å². The molecule has 0 aromatic carbocycles. The number of likely N-dealkylation sites (tertiary alicyclic amines) is 1. The maximum atomic E-state index is 12.3. The average molecular weight is 378 g/mol. The molecule has 0 spiro atoms. The van der Waals surface area contributed by atoms with Crippen LogP contribution in [0.2, 0.25) is 0 Å². The van der Waals surface area contributed by atoms with Crippen molar-refractivity contribution < 1.29 is 14.3 Å². The summed E-state index contributed by atoms with van der Waals surface area (Å²) in [5, 5.41) is 0. The van der Waals surface area contributed by atoms with E-state index in [4.69, 9.17) is 9.47 Å². The molecule has 4 rings (SSSR count). The molecular formula is C23H39NO3. The van der Waals surface area contributed by atoms with Crippen LogP contribution in [-0.2, 0) is 14.3 Å². The lowest BCUT2D eigenvalue weighted by molar-refractivity contribution is -0.163. The largest absolute Gasteiger partial charge is 0.385 e. The number of fused-ring (bicyclic) bond motifs is 5. The SMILES string of the molecule is COCCCOC1CC[C@@]2(C)CC[C@@H]3[C@@H](CCC4N(C)C(=O)CC[C@@]43C)[C@H]12. The molecule has 4 nitrogen and oxygen atoms in total. The fourth-order valence-electron chi connectivity index (χ4n) is 7.77. The average Bonchev–Trinajstić information content (AvgIpc) is 2.99. The fraction of sp³-hybridized carbons (Fsp3) is 0.957. The summed E-state index contributed by atoms with van der Waals surface area (Å²) >= 11 is 0. The molecule has 1 saturated heterocycles. The summed E-state index contributed by atoms with van der Waals surface area (Å²) in [4.78, 5) is 14.4. The molecule has 154 valence electrons. The third kappa shape index (κ3) is 3.15. The molecule has 0 N–H and O–H groups in total. The second-order valence-corrected chi connectivity index (χ2v) is 10.4. The predicted octanol–water partition coefficient (Wildman–Crippen LogP) is 4.27. The Hall–Kier alpha value is -0.610. The summed E-state index contributed by atoms with van der Waals surface area (Å²) in [6.07, 6.45) is 11.0. The van der Waals surface area contributed by atoms with E-state index in [0.717, 1.165) is 44.3 Å². The first-order chi connectivity index (χ1) is 12.9. The van der Waals surface area contributed by atoms with Crippen molar-refractivity contribution in [1.82, 2.24) is 4.90 Å². The molecule has 4 aliphatic rings. The summed E-state index contributed by atoms with van der Waals surface area (Å²) in [5.74, 6) is 2.60. The minimum Gasteiger partial charge on any atom is -0.385 e. The smallest absolute Gasteiger partial charge is 0.222 e. The summed E-state index contributed by atoms with van der Waals surface area (Å²) in [7, 11) is 3.82. The van der Waals surface area contributed by atoms with Gasteiger partial charge in [0.05, 0.1) is 6.10 Å². The summed E-state index contributed by atoms with van der Waals surface area (Å²) in [5.41, 5.74) is 0.767. The van der Waals surface area contributed by atoms with E-state index in [1.165, 1.54) is 38.5 Å². The van der Waals surface area contributed by atoms with Crippen LogP contribution in [-0.4, -0.2) is 50.3 Å². The van der Waals surface area contributed by atoms with Crippen molar-refractivity contribution in [3.8, 4) is 0 Å². The number of methoxy groups -OCH3 is 1. The summed E-state index contributed by atoms with van der Waals surface area (Å²) in [6, 6.07) is 0.451. The zero-order valence-electron chi connectivity index (χ0n) is 17.8. The monoisotopic (exact) mass is 377 g/mol. The van der Waals surface area contributed by atoms with Gasteiger partial charge in [-0.25, -0.2) is 0 Å². The number of ether oxygens (including phenoxy) is 2. The van der Waals surface area contributed by atoms with Crippen LogP contribution in [0, 0.1) is 28.6 Å². The molecule has 1 amide bonds. The van der Waals surface area contributed by atoms with Crippen molar-refractivity contribution in [2.24, 2.45) is 28.6 Å². The van der Waals surface area contributed by atoms with Crippen LogP contribution in [0.25, 0.3) is 0 Å². The molecule has 1 heterocycles. The maximum absolute atomic E-state index is 12.3. The third-order valence-electron chi connectivity index (χ3n) is 9.15. The van der Waals surface area contributed by atoms with Gasteiger partial charge in [0.1, 0.15) is 0 Å². The first kappa shape index (κ1) is 19.7. The van der Waals surface area contributed by atoms with E-state index in [1.54, 1.807) is 7.11 Å². The molecule has 0 aromatic rings. The Kier molecular flexibility index (Phi) is 5.35. The van der Waals surface area contributed by atoms with Gasteiger partial charge in [-0.1, -0.05) is 13.8 Å². The highest BCUT2D eigenvalue weighted by molar-refractivity contribution is 5.77. The Morgan fingerprint density at radius 2 is 1.85 bits per heavy atom. The molecule has 3 aliphatic carbocycles. The topological polar surface area (TPSA) is 38.8 Å². The first-order valence-electron chi connectivity index (χ1n) is 11.3. The van der Waals surface area contributed by atoms with Gasteiger partial charge in [0, 0.05) is 39.8 Å². The van der Waals surface area contributed by atoms with Gasteiger partial charge in [-0.05, 0) is 80.0 Å². The van der Waals surface area contributed by atoms with Crippen molar-refractivity contribution >= 4 is 5.91 Å². The van der Waals surface area contributed by atoms with Crippen LogP contribution in [0.4, 0.5) is 0 Å². The summed E-state index contributed by atoms with van der Waals surface area (Å²) < 4.78 is 11.6. The second-order valence-electron chi connectivity index (χ2n) is 10.4. The van der Waals surface area contributed by atoms with Crippen molar-refractivity contribution in [3.05, 3.63) is 0 Å². The number of piperidine rings is 1. The van der Waals surface area contributed by atoms with Gasteiger partial charge in [-0.15, -0.1) is 0 Å². The number of nitrogens with zero attached hydrogens (tertiary/aromatic N) is 1. The number of hydrogen-bond acceptors (Lipinski definition) is 3. The Morgan fingerprint density at radius 3 is 2.63 bits per heavy atom. The molecule has 0 radical (unpaired) electrons. The second kappa shape index (κ2) is 7.33. The highest BCUT2D eigenvalue weighted by Crippen LogP contribution is 2.65. The van der Waals surface area contributed by atoms with E-state index in [1.807, 2.05) is 0 Å². The normalized spacial score (nSPS) is 46.7. The van der Waals surface area contributed by atoms with Crippen molar-refractivity contribution in [1.29, 1.82) is 0 Å². The van der Waals surface area contributed by atoms with E-state index in [-0.39, 0.29) is 0 Å². The highest BCUT2D eigenvalue weighted by Gasteiger charge is 2.61. The molecule has 0 bridgehead atoms. The number of rotatable bonds is 5. The van der Waals surface area contributed by atoms with Crippen LogP contribution >= 0.6 is 0 Å². The molecular weight excluding hydrogens is 338 g/mol. The van der Waals surface area contributed by atoms with Crippen LogP contribution in [0.15, 0.2) is 0 Å². The molecule has 1 aliphatic heterocycles. The number of amides is 1. The van der Waals surface area contributed by atoms with Gasteiger partial charge in [-0.3, -0.25) is 4.79 Å². The van der Waals surface area contributed by atoms with Gasteiger partial charge >= 0.3 is 0 Å². The van der Waals surface area contributed by atoms with Gasteiger partial charge < -0.3 is 14.4 Å². The van der Waals surface area contributed by atoms with Gasteiger partial charge in [-0.2, -0.15) is 0 Å². The molecule has 4 heteroatoms. The first-order valence-corrected chi connectivity index (χ1v) is 11.3. The summed E-state index contributed by atoms with van der Waals surface area (Å²) in [6.45, 7) is 6.67. The predicted molar refractivity (Wildman–Crippen MR) is 106 cm³/mol. The molecule has 2 unspecified atom stereocenters. The molecule has 7 atom stereocenters. The van der Waals surface area contributed by atoms with Crippen molar-refractivity contribution in [2.75, 3.05) is 27.4 Å². The van der Waals surface area contributed by atoms with E-state index in [0.29, 0.717) is 34.8 Å². The zero-order valence-corrected chi connectivity index (χ0v) is 17.8. The Balaban J connectivity index is 1.53. The lowest BCUT2D eigenvalue weighted by atomic mass is 9.47. The van der Waals surface area contributed by atoms with E-state index in [9.17, 15) is 4.79 Å². The fourth-order valence-corrected chi connectivity index (χ4v) is 7.77. The molecule has 4 fully saturated rings. The lowest BCUT2D eigenvalue weighted by Gasteiger charge is -2.61. The van der Waals surface area contributed by atoms with Crippen LogP contribution in [0.1, 0.15) is 71.6 Å². The third-order valence-corrected chi connectivity index (χ3v) is 9.15. The molecule has 3 saturated carbocycles. The van der Waals surface area contributed by atoms with Crippen LogP contribution < -0.4 is 0 Å². The van der Waals surface area contributed by atoms with Crippen LogP contribution in [0.3, 0.4) is 0 Å². The van der Waals surface area contributed by atoms with Gasteiger partial charge in [0.2, 0.25) is 5.91 Å². The van der Waals surface area contributed by atoms with E-state index < -0.39 is 0 Å². The van der Waals surface area contributed by atoms with Crippen molar-refractivity contribution in [2.45, 2.75) is 83.8 Å². The minimum atomic E-state index is 0.302. The quantitative estimate of drug-likeness (QED) is 0.672. The Morgan fingerprint density at radius 1 is 1.07 bits per heavy atom. The van der Waals surface area contributed by atoms with E-state index >= 15 is 0 Å². The van der Waals surface area contributed by atoms with E-state index in [2.05, 4.69) is 25.8 Å². The maximum Gasteiger partial charge on any atom is 0.222 e. The number of carbonyl (C=O) groups excluding carboxylic acids is 1. The minimum absolute atomic E-state index is 0.302. The van der Waals surface area contributed by atoms with Crippen LogP contribution in [0.5, 0.6) is 0 Å². The number of hydrogen-bond donors (Lipinski definition) is 0. The zero-order chi connectivity index (χ0) is 19.2. The molecule has 27 heavy (non-hydrogen) atoms. The van der Waals surface area contributed by atoms with Crippen molar-refractivity contribution in [3.63, 3.8) is 0 Å². The molecule has 0 aromatic heterocycles. The lowest BCUT2D eigenvalue weighted by Crippen LogP contribution is -2.61. The highest BCUT2D eigenvalue weighted by atomic mass is 16.5.